The van der Waals surface area contributed by atoms with Gasteiger partial charge in [0.05, 0.1) is 21.4 Å². The van der Waals surface area contributed by atoms with Crippen LogP contribution in [0.1, 0.15) is 0 Å². The number of halogens is 2. The molecule has 0 atom stereocenters. The fourth-order valence-electron chi connectivity index (χ4n) is 0.586. The lowest BCUT2D eigenvalue weighted by molar-refractivity contribution is 1.66. The highest BCUT2D eigenvalue weighted by molar-refractivity contribution is 6.40. The van der Waals surface area contributed by atoms with E-state index in [-0.39, 0.29) is 0 Å². The summed E-state index contributed by atoms with van der Waals surface area (Å²) in [5.74, 6) is 0. The predicted molar refractivity (Wildman–Crippen MR) is 45.3 cm³/mol. The highest BCUT2D eigenvalue weighted by Crippen LogP contribution is 2.31. The van der Waals surface area contributed by atoms with E-state index in [4.69, 9.17) is 34.7 Å². The van der Waals surface area contributed by atoms with Crippen LogP contribution in [0.4, 0.5) is 11.4 Å². The van der Waals surface area contributed by atoms with E-state index in [0.29, 0.717) is 21.4 Å². The molecule has 0 aliphatic rings. The Balaban J connectivity index is 3.34. The van der Waals surface area contributed by atoms with Crippen molar-refractivity contribution in [2.75, 3.05) is 11.5 Å². The van der Waals surface area contributed by atoms with E-state index in [0.717, 1.165) is 0 Å². The predicted octanol–water partition coefficient (Wildman–Crippen LogP) is 2.16. The normalized spacial score (nSPS) is 9.80. The third-order valence-electron chi connectivity index (χ3n) is 1.16. The van der Waals surface area contributed by atoms with Crippen molar-refractivity contribution in [2.24, 2.45) is 0 Å². The summed E-state index contributed by atoms with van der Waals surface area (Å²) in [5.41, 5.74) is 11.6. The van der Waals surface area contributed by atoms with E-state index in [2.05, 4.69) is 0 Å². The van der Waals surface area contributed by atoms with Crippen molar-refractivity contribution in [3.05, 3.63) is 22.2 Å². The van der Waals surface area contributed by atoms with E-state index < -0.39 is 0 Å². The molecule has 0 fully saturated rings. The Morgan fingerprint density at radius 1 is 1.10 bits per heavy atom. The molecule has 2 nitrogen and oxygen atoms in total. The maximum absolute atomic E-state index is 5.65. The van der Waals surface area contributed by atoms with Gasteiger partial charge in [0.2, 0.25) is 0 Å². The summed E-state index contributed by atoms with van der Waals surface area (Å²) in [4.78, 5) is 0. The first-order chi connectivity index (χ1) is 4.63. The lowest BCUT2D eigenvalue weighted by Crippen LogP contribution is -1.92. The zero-order valence-electron chi connectivity index (χ0n) is 5.07. The highest BCUT2D eigenvalue weighted by Gasteiger charge is 2.03. The maximum Gasteiger partial charge on any atom is 0.0879 e. The molecule has 54 valence electrons. The fraction of sp³-hybridized carbons (Fsp3) is 0. The van der Waals surface area contributed by atoms with Crippen molar-refractivity contribution < 1.29 is 0 Å². The summed E-state index contributed by atoms with van der Waals surface area (Å²) in [5, 5.41) is 0.756. The van der Waals surface area contributed by atoms with Crippen LogP contribution in [-0.4, -0.2) is 0 Å². The number of benzene rings is 1. The molecule has 0 aromatic heterocycles. The zero-order chi connectivity index (χ0) is 7.72. The third kappa shape index (κ3) is 1.13. The molecule has 4 N–H and O–H groups in total. The lowest BCUT2D eigenvalue weighted by Gasteiger charge is -2.02. The second kappa shape index (κ2) is 2.56. The maximum atomic E-state index is 5.65. The largest absolute Gasteiger partial charge is 0.397 e. The first-order valence-electron chi connectivity index (χ1n) is 2.62. The summed E-state index contributed by atoms with van der Waals surface area (Å²) in [7, 11) is 0. The van der Waals surface area contributed by atoms with Crippen LogP contribution in [0.3, 0.4) is 0 Å². The highest BCUT2D eigenvalue weighted by atomic mass is 35.5. The number of nitrogen functional groups attached to an aromatic ring is 2. The first kappa shape index (κ1) is 7.51. The summed E-state index contributed by atoms with van der Waals surface area (Å²) in [6, 6.07) is 3.22. The van der Waals surface area contributed by atoms with Crippen LogP contribution >= 0.6 is 23.2 Å². The Morgan fingerprint density at radius 3 is 2.20 bits per heavy atom. The molecule has 0 saturated carbocycles. The molecule has 1 aromatic carbocycles. The quantitative estimate of drug-likeness (QED) is 0.596. The van der Waals surface area contributed by atoms with Crippen LogP contribution in [0, 0.1) is 0 Å². The van der Waals surface area contributed by atoms with Crippen molar-refractivity contribution in [1.82, 2.24) is 0 Å². The van der Waals surface area contributed by atoms with Crippen LogP contribution in [0.2, 0.25) is 10.0 Å². The number of nitrogens with two attached hydrogens (primary N) is 2. The monoisotopic (exact) mass is 176 g/mol. The summed E-state index contributed by atoms with van der Waals surface area (Å²) < 4.78 is 0. The van der Waals surface area contributed by atoms with Gasteiger partial charge < -0.3 is 11.5 Å². The minimum absolute atomic E-state index is 0.326. The zero-order valence-corrected chi connectivity index (χ0v) is 6.58. The molecule has 0 bridgehead atoms. The molecular formula is C6H6Cl2N2. The minimum Gasteiger partial charge on any atom is -0.397 e. The topological polar surface area (TPSA) is 52.0 Å². The van der Waals surface area contributed by atoms with E-state index in [1.165, 1.54) is 0 Å². The SMILES string of the molecule is Nc1ccc(Cl)c(N)c1Cl. The standard InChI is InChI=1S/C6H6Cl2N2/c7-3-1-2-4(9)5(8)6(3)10/h1-2H,9-10H2. The van der Waals surface area contributed by atoms with Gasteiger partial charge in [-0.2, -0.15) is 0 Å². The average Bonchev–Trinajstić information content (AvgIpc) is 1.93. The average molecular weight is 177 g/mol. The summed E-state index contributed by atoms with van der Waals surface area (Å²) >= 11 is 11.3. The van der Waals surface area contributed by atoms with Gasteiger partial charge in [-0.1, -0.05) is 23.2 Å². The Kier molecular flexibility index (Phi) is 1.92. The Morgan fingerprint density at radius 2 is 1.70 bits per heavy atom. The van der Waals surface area contributed by atoms with Gasteiger partial charge in [0, 0.05) is 0 Å². The molecule has 4 heteroatoms. The smallest absolute Gasteiger partial charge is 0.0879 e. The molecular weight excluding hydrogens is 171 g/mol. The van der Waals surface area contributed by atoms with E-state index in [1.54, 1.807) is 12.1 Å². The van der Waals surface area contributed by atoms with Gasteiger partial charge in [-0.15, -0.1) is 0 Å². The van der Waals surface area contributed by atoms with Gasteiger partial charge >= 0.3 is 0 Å². The summed E-state index contributed by atoms with van der Waals surface area (Å²) in [6.07, 6.45) is 0. The van der Waals surface area contributed by atoms with Gasteiger partial charge in [0.25, 0.3) is 0 Å². The second-order valence-corrected chi connectivity index (χ2v) is 2.65. The van der Waals surface area contributed by atoms with Crippen LogP contribution in [0.25, 0.3) is 0 Å². The Bertz CT molecular complexity index is 233. The van der Waals surface area contributed by atoms with Crippen molar-refractivity contribution in [3.8, 4) is 0 Å². The second-order valence-electron chi connectivity index (χ2n) is 1.86. The molecule has 0 aliphatic heterocycles. The van der Waals surface area contributed by atoms with Crippen molar-refractivity contribution in [1.29, 1.82) is 0 Å². The number of anilines is 2. The van der Waals surface area contributed by atoms with Crippen LogP contribution < -0.4 is 11.5 Å². The molecule has 0 aliphatic carbocycles. The Hall–Kier alpha value is -0.600. The molecule has 1 aromatic rings. The lowest BCUT2D eigenvalue weighted by atomic mass is 10.3. The molecule has 0 heterocycles. The number of rotatable bonds is 0. The van der Waals surface area contributed by atoms with E-state index in [1.807, 2.05) is 0 Å². The van der Waals surface area contributed by atoms with Crippen LogP contribution in [0.5, 0.6) is 0 Å². The van der Waals surface area contributed by atoms with Gasteiger partial charge in [-0.05, 0) is 12.1 Å². The molecule has 0 saturated heterocycles. The van der Waals surface area contributed by atoms with Gasteiger partial charge in [0.1, 0.15) is 0 Å². The molecule has 1 rings (SSSR count). The van der Waals surface area contributed by atoms with E-state index >= 15 is 0 Å². The van der Waals surface area contributed by atoms with Crippen molar-refractivity contribution in [3.63, 3.8) is 0 Å². The molecule has 0 amide bonds. The summed E-state index contributed by atoms with van der Waals surface area (Å²) in [6.45, 7) is 0. The van der Waals surface area contributed by atoms with E-state index in [9.17, 15) is 0 Å². The van der Waals surface area contributed by atoms with Crippen LogP contribution in [-0.2, 0) is 0 Å². The van der Waals surface area contributed by atoms with Gasteiger partial charge in [-0.25, -0.2) is 0 Å². The van der Waals surface area contributed by atoms with Gasteiger partial charge in [-0.3, -0.25) is 0 Å². The third-order valence-corrected chi connectivity index (χ3v) is 1.91. The van der Waals surface area contributed by atoms with Crippen molar-refractivity contribution in [2.45, 2.75) is 0 Å². The molecule has 0 radical (unpaired) electrons. The molecule has 0 spiro atoms. The molecule has 10 heavy (non-hydrogen) atoms. The first-order valence-corrected chi connectivity index (χ1v) is 3.37. The fourth-order valence-corrected chi connectivity index (χ4v) is 0.957. The number of hydrogen-bond donors (Lipinski definition) is 2. The van der Waals surface area contributed by atoms with Crippen LogP contribution in [0.15, 0.2) is 12.1 Å². The van der Waals surface area contributed by atoms with Gasteiger partial charge in [0.15, 0.2) is 0 Å². The Labute approximate surface area is 68.7 Å². The molecule has 0 unspecified atom stereocenters. The van der Waals surface area contributed by atoms with Crippen molar-refractivity contribution >= 4 is 34.6 Å². The number of hydrogen-bond acceptors (Lipinski definition) is 2. The minimum atomic E-state index is 0.326.